The standard InChI is InChI=1S/C12H22F3NO/c1-10(12(13,14)15)17-8-7-16-9-11-5-3-2-4-6-11/h10-11,16H,2-9H2,1H3. The summed E-state index contributed by atoms with van der Waals surface area (Å²) in [5, 5.41) is 3.17. The quantitative estimate of drug-likeness (QED) is 0.734. The maximum atomic E-state index is 12.1. The second-order valence-corrected chi connectivity index (χ2v) is 4.76. The Morgan fingerprint density at radius 1 is 1.24 bits per heavy atom. The van der Waals surface area contributed by atoms with Gasteiger partial charge in [-0.15, -0.1) is 0 Å². The van der Waals surface area contributed by atoms with E-state index in [1.165, 1.54) is 32.1 Å². The topological polar surface area (TPSA) is 21.3 Å². The fourth-order valence-corrected chi connectivity index (χ4v) is 2.10. The predicted octanol–water partition coefficient (Wildman–Crippen LogP) is 3.12. The van der Waals surface area contributed by atoms with Gasteiger partial charge in [0.1, 0.15) is 0 Å². The molecule has 1 N–H and O–H groups in total. The molecule has 1 fully saturated rings. The largest absolute Gasteiger partial charge is 0.414 e. The smallest absolute Gasteiger partial charge is 0.368 e. The molecule has 1 saturated carbocycles. The average Bonchev–Trinajstić information content (AvgIpc) is 2.28. The Morgan fingerprint density at radius 3 is 2.47 bits per heavy atom. The SMILES string of the molecule is CC(OCCNCC1CCCCC1)C(F)(F)F. The summed E-state index contributed by atoms with van der Waals surface area (Å²) in [4.78, 5) is 0. The van der Waals surface area contributed by atoms with Crippen molar-refractivity contribution >= 4 is 0 Å². The van der Waals surface area contributed by atoms with Crippen molar-refractivity contribution in [1.29, 1.82) is 0 Å². The molecule has 0 bridgehead atoms. The van der Waals surface area contributed by atoms with Crippen molar-refractivity contribution in [2.45, 2.75) is 51.3 Å². The van der Waals surface area contributed by atoms with Crippen molar-refractivity contribution < 1.29 is 17.9 Å². The summed E-state index contributed by atoms with van der Waals surface area (Å²) in [6.45, 7) is 2.56. The maximum absolute atomic E-state index is 12.1. The number of hydrogen-bond donors (Lipinski definition) is 1. The van der Waals surface area contributed by atoms with E-state index in [-0.39, 0.29) is 6.61 Å². The molecule has 0 saturated heterocycles. The molecule has 0 spiro atoms. The van der Waals surface area contributed by atoms with E-state index in [0.717, 1.165) is 13.5 Å². The Kier molecular flexibility index (Phi) is 6.27. The van der Waals surface area contributed by atoms with E-state index < -0.39 is 12.3 Å². The van der Waals surface area contributed by atoms with E-state index in [9.17, 15) is 13.2 Å². The van der Waals surface area contributed by atoms with Crippen LogP contribution < -0.4 is 5.32 Å². The van der Waals surface area contributed by atoms with Crippen LogP contribution in [0.15, 0.2) is 0 Å². The summed E-state index contributed by atoms with van der Waals surface area (Å²) in [5.41, 5.74) is 0. The molecule has 1 atom stereocenters. The molecule has 5 heteroatoms. The Balaban J connectivity index is 1.97. The van der Waals surface area contributed by atoms with Gasteiger partial charge in [-0.2, -0.15) is 13.2 Å². The van der Waals surface area contributed by atoms with Crippen LogP contribution in [0.25, 0.3) is 0 Å². The zero-order valence-electron chi connectivity index (χ0n) is 10.4. The lowest BCUT2D eigenvalue weighted by atomic mass is 9.89. The summed E-state index contributed by atoms with van der Waals surface area (Å²) in [5.74, 6) is 0.698. The molecular weight excluding hydrogens is 231 g/mol. The van der Waals surface area contributed by atoms with Gasteiger partial charge in [0.25, 0.3) is 0 Å². The van der Waals surface area contributed by atoms with Crippen LogP contribution in [0.1, 0.15) is 39.0 Å². The summed E-state index contributed by atoms with van der Waals surface area (Å²) in [6.07, 6.45) is 0.465. The maximum Gasteiger partial charge on any atom is 0.414 e. The van der Waals surface area contributed by atoms with Crippen LogP contribution in [0.5, 0.6) is 0 Å². The van der Waals surface area contributed by atoms with Crippen molar-refractivity contribution in [3.8, 4) is 0 Å². The van der Waals surface area contributed by atoms with Crippen LogP contribution in [0, 0.1) is 5.92 Å². The van der Waals surface area contributed by atoms with Gasteiger partial charge in [0, 0.05) is 6.54 Å². The first-order valence-corrected chi connectivity index (χ1v) is 6.39. The number of nitrogens with one attached hydrogen (secondary N) is 1. The fourth-order valence-electron chi connectivity index (χ4n) is 2.10. The number of rotatable bonds is 6. The molecular formula is C12H22F3NO. The van der Waals surface area contributed by atoms with Crippen molar-refractivity contribution in [3.05, 3.63) is 0 Å². The Labute approximate surface area is 101 Å². The molecule has 1 aliphatic rings. The number of halogens is 3. The monoisotopic (exact) mass is 253 g/mol. The van der Waals surface area contributed by atoms with Gasteiger partial charge in [-0.25, -0.2) is 0 Å². The van der Waals surface area contributed by atoms with Crippen LogP contribution in [-0.2, 0) is 4.74 Å². The van der Waals surface area contributed by atoms with Gasteiger partial charge in [-0.1, -0.05) is 19.3 Å². The van der Waals surface area contributed by atoms with Gasteiger partial charge in [0.05, 0.1) is 6.61 Å². The Morgan fingerprint density at radius 2 is 1.88 bits per heavy atom. The van der Waals surface area contributed by atoms with Gasteiger partial charge in [0.2, 0.25) is 0 Å². The molecule has 0 aromatic heterocycles. The Bertz CT molecular complexity index is 202. The van der Waals surface area contributed by atoms with E-state index in [1.807, 2.05) is 0 Å². The molecule has 0 aromatic carbocycles. The molecule has 0 radical (unpaired) electrons. The third-order valence-electron chi connectivity index (χ3n) is 3.27. The van der Waals surface area contributed by atoms with E-state index in [0.29, 0.717) is 12.5 Å². The van der Waals surface area contributed by atoms with Gasteiger partial charge in [-0.3, -0.25) is 0 Å². The lowest BCUT2D eigenvalue weighted by molar-refractivity contribution is -0.213. The molecule has 0 amide bonds. The van der Waals surface area contributed by atoms with Crippen molar-refractivity contribution in [2.24, 2.45) is 5.92 Å². The van der Waals surface area contributed by atoms with Crippen molar-refractivity contribution in [3.63, 3.8) is 0 Å². The minimum Gasteiger partial charge on any atom is -0.368 e. The van der Waals surface area contributed by atoms with Crippen molar-refractivity contribution in [2.75, 3.05) is 19.7 Å². The second kappa shape index (κ2) is 7.21. The zero-order valence-corrected chi connectivity index (χ0v) is 10.4. The molecule has 0 aromatic rings. The molecule has 102 valence electrons. The van der Waals surface area contributed by atoms with Gasteiger partial charge in [-0.05, 0) is 32.2 Å². The first-order chi connectivity index (χ1) is 8.00. The highest BCUT2D eigenvalue weighted by Crippen LogP contribution is 2.23. The van der Waals surface area contributed by atoms with Gasteiger partial charge >= 0.3 is 6.18 Å². The summed E-state index contributed by atoms with van der Waals surface area (Å²) in [6, 6.07) is 0. The van der Waals surface area contributed by atoms with Gasteiger partial charge in [0.15, 0.2) is 6.10 Å². The summed E-state index contributed by atoms with van der Waals surface area (Å²) < 4.78 is 41.0. The lowest BCUT2D eigenvalue weighted by Crippen LogP contribution is -2.33. The molecule has 0 heterocycles. The normalized spacial score (nSPS) is 20.5. The molecule has 1 unspecified atom stereocenters. The third kappa shape index (κ3) is 6.27. The summed E-state index contributed by atoms with van der Waals surface area (Å²) >= 11 is 0. The second-order valence-electron chi connectivity index (χ2n) is 4.76. The van der Waals surface area contributed by atoms with Crippen LogP contribution >= 0.6 is 0 Å². The van der Waals surface area contributed by atoms with Crippen LogP contribution in [0.3, 0.4) is 0 Å². The Hall–Kier alpha value is -0.290. The van der Waals surface area contributed by atoms with Crippen LogP contribution in [-0.4, -0.2) is 32.0 Å². The zero-order chi connectivity index (χ0) is 12.7. The number of alkyl halides is 3. The average molecular weight is 253 g/mol. The molecule has 17 heavy (non-hydrogen) atoms. The molecule has 1 rings (SSSR count). The first-order valence-electron chi connectivity index (χ1n) is 6.39. The minimum atomic E-state index is -4.25. The highest BCUT2D eigenvalue weighted by atomic mass is 19.4. The molecule has 2 nitrogen and oxygen atoms in total. The lowest BCUT2D eigenvalue weighted by Gasteiger charge is -2.22. The van der Waals surface area contributed by atoms with Crippen LogP contribution in [0.2, 0.25) is 0 Å². The van der Waals surface area contributed by atoms with Gasteiger partial charge < -0.3 is 10.1 Å². The first kappa shape index (κ1) is 14.8. The van der Waals surface area contributed by atoms with E-state index in [1.54, 1.807) is 0 Å². The van der Waals surface area contributed by atoms with Crippen LogP contribution in [0.4, 0.5) is 13.2 Å². The highest BCUT2D eigenvalue weighted by molar-refractivity contribution is 4.68. The van der Waals surface area contributed by atoms with E-state index in [2.05, 4.69) is 5.32 Å². The molecule has 0 aliphatic heterocycles. The number of hydrogen-bond acceptors (Lipinski definition) is 2. The van der Waals surface area contributed by atoms with E-state index in [4.69, 9.17) is 4.74 Å². The molecule has 1 aliphatic carbocycles. The minimum absolute atomic E-state index is 0.118. The fraction of sp³-hybridized carbons (Fsp3) is 1.00. The third-order valence-corrected chi connectivity index (χ3v) is 3.27. The van der Waals surface area contributed by atoms with E-state index >= 15 is 0 Å². The summed E-state index contributed by atoms with van der Waals surface area (Å²) in [7, 11) is 0. The highest BCUT2D eigenvalue weighted by Gasteiger charge is 2.36. The van der Waals surface area contributed by atoms with Crippen molar-refractivity contribution in [1.82, 2.24) is 5.32 Å². The number of ether oxygens (including phenoxy) is 1. The predicted molar refractivity (Wildman–Crippen MR) is 60.9 cm³/mol.